The normalized spacial score (nSPS) is 16.2. The summed E-state index contributed by atoms with van der Waals surface area (Å²) >= 11 is 1.70. The van der Waals surface area contributed by atoms with Crippen molar-refractivity contribution in [1.29, 1.82) is 0 Å². The number of guanidine groups is 1. The van der Waals surface area contributed by atoms with Crippen LogP contribution >= 0.6 is 35.3 Å². The zero-order chi connectivity index (χ0) is 20.6. The summed E-state index contributed by atoms with van der Waals surface area (Å²) in [7, 11) is -1.52. The van der Waals surface area contributed by atoms with Crippen LogP contribution in [0.2, 0.25) is 0 Å². The Morgan fingerprint density at radius 3 is 2.59 bits per heavy atom. The van der Waals surface area contributed by atoms with Crippen molar-refractivity contribution in [1.82, 2.24) is 19.5 Å². The molecule has 0 saturated carbocycles. The maximum atomic E-state index is 12.4. The number of ether oxygens (including phenoxy) is 1. The third-order valence-corrected chi connectivity index (χ3v) is 7.38. The van der Waals surface area contributed by atoms with Gasteiger partial charge in [0, 0.05) is 51.6 Å². The van der Waals surface area contributed by atoms with E-state index in [4.69, 9.17) is 4.74 Å². The Morgan fingerprint density at radius 1 is 1.34 bits per heavy atom. The topological polar surface area (TPSA) is 87.1 Å². The molecule has 0 aromatic carbocycles. The van der Waals surface area contributed by atoms with E-state index >= 15 is 0 Å². The number of thiazole rings is 1. The average Bonchev–Trinajstić information content (AvgIpc) is 3.13. The number of sulfonamides is 1. The number of halogens is 1. The fraction of sp³-hybridized carbons (Fsp3) is 0.778. The summed E-state index contributed by atoms with van der Waals surface area (Å²) in [5.74, 6) is 0.845. The number of nitrogens with zero attached hydrogens (tertiary/aromatic N) is 4. The third kappa shape index (κ3) is 8.64. The van der Waals surface area contributed by atoms with Crippen LogP contribution in [0, 0.1) is 0 Å². The quantitative estimate of drug-likeness (QED) is 0.282. The summed E-state index contributed by atoms with van der Waals surface area (Å²) in [6.07, 6.45) is 1.86. The van der Waals surface area contributed by atoms with Crippen molar-refractivity contribution >= 4 is 51.3 Å². The van der Waals surface area contributed by atoms with Gasteiger partial charge in [-0.3, -0.25) is 4.99 Å². The lowest BCUT2D eigenvalue weighted by Gasteiger charge is -2.35. The Morgan fingerprint density at radius 2 is 2.03 bits per heavy atom. The van der Waals surface area contributed by atoms with Crippen molar-refractivity contribution < 1.29 is 13.2 Å². The lowest BCUT2D eigenvalue weighted by molar-refractivity contribution is 0.0904. The van der Waals surface area contributed by atoms with E-state index in [2.05, 4.69) is 32.5 Å². The van der Waals surface area contributed by atoms with Gasteiger partial charge in [0.2, 0.25) is 10.0 Å². The minimum atomic E-state index is -3.27. The highest BCUT2D eigenvalue weighted by Crippen LogP contribution is 2.11. The van der Waals surface area contributed by atoms with Crippen molar-refractivity contribution in [2.75, 3.05) is 52.1 Å². The lowest BCUT2D eigenvalue weighted by atomic mass is 10.3. The number of nitrogens with one attached hydrogen (secondary N) is 1. The number of aliphatic imine (C=N–C) groups is 1. The molecule has 8 nitrogen and oxygen atoms in total. The van der Waals surface area contributed by atoms with E-state index in [1.165, 1.54) is 0 Å². The van der Waals surface area contributed by atoms with Crippen LogP contribution in [0.25, 0.3) is 0 Å². The smallest absolute Gasteiger partial charge is 0.216 e. The maximum Gasteiger partial charge on any atom is 0.216 e. The molecular formula is C18H34IN5O3S2. The van der Waals surface area contributed by atoms with Gasteiger partial charge in [-0.2, -0.15) is 4.31 Å². The Kier molecular flexibility index (Phi) is 11.9. The summed E-state index contributed by atoms with van der Waals surface area (Å²) in [4.78, 5) is 11.0. The second kappa shape index (κ2) is 13.0. The molecule has 0 bridgehead atoms. The van der Waals surface area contributed by atoms with Crippen molar-refractivity contribution in [2.24, 2.45) is 4.99 Å². The fourth-order valence-electron chi connectivity index (χ4n) is 2.96. The van der Waals surface area contributed by atoms with Gasteiger partial charge in [0.25, 0.3) is 0 Å². The number of aryl methyl sites for hydroxylation is 1. The molecule has 11 heteroatoms. The first-order valence-electron chi connectivity index (χ1n) is 9.84. The lowest BCUT2D eigenvalue weighted by Crippen LogP contribution is -2.54. The van der Waals surface area contributed by atoms with Gasteiger partial charge in [-0.05, 0) is 20.3 Å². The van der Waals surface area contributed by atoms with Gasteiger partial charge in [0.1, 0.15) is 0 Å². The van der Waals surface area contributed by atoms with Crippen LogP contribution in [0.4, 0.5) is 0 Å². The van der Waals surface area contributed by atoms with Crippen LogP contribution in [0.15, 0.2) is 10.4 Å². The number of hydrogen-bond acceptors (Lipinski definition) is 6. The van der Waals surface area contributed by atoms with Crippen LogP contribution in [-0.4, -0.2) is 86.8 Å². The van der Waals surface area contributed by atoms with E-state index in [9.17, 15) is 8.42 Å². The zero-order valence-electron chi connectivity index (χ0n) is 17.8. The maximum absolute atomic E-state index is 12.4. The van der Waals surface area contributed by atoms with Crippen LogP contribution in [0.3, 0.4) is 0 Å². The predicted octanol–water partition coefficient (Wildman–Crippen LogP) is 1.81. The summed E-state index contributed by atoms with van der Waals surface area (Å²) in [5.41, 5.74) is 1.10. The number of aromatic nitrogens is 1. The van der Waals surface area contributed by atoms with E-state index < -0.39 is 10.0 Å². The van der Waals surface area contributed by atoms with E-state index in [-0.39, 0.29) is 42.4 Å². The molecule has 1 fully saturated rings. The van der Waals surface area contributed by atoms with E-state index in [0.29, 0.717) is 26.2 Å². The van der Waals surface area contributed by atoms with Crippen LogP contribution in [0.1, 0.15) is 31.5 Å². The molecule has 0 spiro atoms. The van der Waals surface area contributed by atoms with Crippen molar-refractivity contribution in [3.8, 4) is 0 Å². The summed E-state index contributed by atoms with van der Waals surface area (Å²) in [6, 6.07) is 0. The molecule has 0 amide bonds. The van der Waals surface area contributed by atoms with Gasteiger partial charge >= 0.3 is 0 Å². The molecule has 1 saturated heterocycles. The Labute approximate surface area is 196 Å². The summed E-state index contributed by atoms with van der Waals surface area (Å²) in [5, 5.41) is 6.64. The second-order valence-electron chi connectivity index (χ2n) is 6.93. The molecular weight excluding hydrogens is 525 g/mol. The Balaban J connectivity index is 0.00000420. The second-order valence-corrected chi connectivity index (χ2v) is 9.96. The van der Waals surface area contributed by atoms with E-state index in [0.717, 1.165) is 36.0 Å². The highest BCUT2D eigenvalue weighted by atomic mass is 127. The first-order chi connectivity index (χ1) is 13.4. The van der Waals surface area contributed by atoms with Crippen molar-refractivity contribution in [3.63, 3.8) is 0 Å². The standard InChI is InChI=1S/C18H33N5O3S2.HI/c1-5-17-21-16(14-27-17)6-7-20-18(19-4)22-8-10-23(11-9-22)28(24,25)13-12-26-15(2)3;/h14-15H,5-13H2,1-4H3,(H,19,20);1H. The van der Waals surface area contributed by atoms with Crippen molar-refractivity contribution in [3.05, 3.63) is 16.1 Å². The third-order valence-electron chi connectivity index (χ3n) is 4.50. The van der Waals surface area contributed by atoms with Gasteiger partial charge in [0.05, 0.1) is 29.2 Å². The molecule has 0 radical (unpaired) electrons. The minimum Gasteiger partial charge on any atom is -0.378 e. The predicted molar refractivity (Wildman–Crippen MR) is 130 cm³/mol. The average molecular weight is 560 g/mol. The molecule has 1 aliphatic heterocycles. The highest BCUT2D eigenvalue weighted by molar-refractivity contribution is 14.0. The van der Waals surface area contributed by atoms with Gasteiger partial charge < -0.3 is 15.0 Å². The van der Waals surface area contributed by atoms with Crippen LogP contribution in [0.5, 0.6) is 0 Å². The molecule has 1 aromatic heterocycles. The SMILES string of the molecule is CCc1nc(CCNC(=NC)N2CCN(S(=O)(=O)CCOC(C)C)CC2)cs1.I. The molecule has 2 heterocycles. The monoisotopic (exact) mass is 559 g/mol. The van der Waals surface area contributed by atoms with Gasteiger partial charge in [-0.1, -0.05) is 6.92 Å². The molecule has 29 heavy (non-hydrogen) atoms. The molecule has 1 aromatic rings. The fourth-order valence-corrected chi connectivity index (χ4v) is 5.02. The molecule has 2 rings (SSSR count). The first kappa shape index (κ1) is 26.5. The largest absolute Gasteiger partial charge is 0.378 e. The van der Waals surface area contributed by atoms with Crippen LogP contribution in [-0.2, 0) is 27.6 Å². The van der Waals surface area contributed by atoms with Gasteiger partial charge in [0.15, 0.2) is 5.96 Å². The number of rotatable bonds is 9. The van der Waals surface area contributed by atoms with Crippen LogP contribution < -0.4 is 5.32 Å². The van der Waals surface area contributed by atoms with E-state index in [1.54, 1.807) is 22.7 Å². The molecule has 0 aliphatic carbocycles. The highest BCUT2D eigenvalue weighted by Gasteiger charge is 2.27. The Bertz CT molecular complexity index is 732. The molecule has 168 valence electrons. The minimum absolute atomic E-state index is 0. The Hall–Kier alpha value is -0.500. The van der Waals surface area contributed by atoms with Gasteiger partial charge in [-0.25, -0.2) is 13.4 Å². The molecule has 1 N–H and O–H groups in total. The van der Waals surface area contributed by atoms with Gasteiger partial charge in [-0.15, -0.1) is 35.3 Å². The molecule has 0 unspecified atom stereocenters. The molecule has 0 atom stereocenters. The first-order valence-corrected chi connectivity index (χ1v) is 12.3. The molecule has 1 aliphatic rings. The van der Waals surface area contributed by atoms with Crippen molar-refractivity contribution in [2.45, 2.75) is 39.7 Å². The van der Waals surface area contributed by atoms with E-state index in [1.807, 2.05) is 13.8 Å². The number of piperazine rings is 1. The summed E-state index contributed by atoms with van der Waals surface area (Å²) in [6.45, 7) is 9.10. The zero-order valence-corrected chi connectivity index (χ0v) is 21.7. The number of hydrogen-bond donors (Lipinski definition) is 1. The summed E-state index contributed by atoms with van der Waals surface area (Å²) < 4.78 is 31.8.